The molecular formula is C21H26FN3O5S2. The Morgan fingerprint density at radius 2 is 1.59 bits per heavy atom. The number of nitrogens with zero attached hydrogens (tertiary/aromatic N) is 3. The topological polar surface area (TPSA) is 87.2 Å². The maximum atomic E-state index is 13.2. The molecule has 0 saturated carbocycles. The van der Waals surface area contributed by atoms with Crippen LogP contribution in [0.3, 0.4) is 0 Å². The van der Waals surface area contributed by atoms with Gasteiger partial charge in [-0.15, -0.1) is 0 Å². The number of hydrogen-bond donors (Lipinski definition) is 0. The molecule has 0 aliphatic carbocycles. The third kappa shape index (κ3) is 5.06. The number of ether oxygens (including phenoxy) is 1. The van der Waals surface area contributed by atoms with Gasteiger partial charge in [0.15, 0.2) is 0 Å². The van der Waals surface area contributed by atoms with Crippen molar-refractivity contribution in [2.24, 2.45) is 0 Å². The van der Waals surface area contributed by atoms with Crippen molar-refractivity contribution < 1.29 is 26.0 Å². The highest BCUT2D eigenvalue weighted by Crippen LogP contribution is 2.27. The number of benzene rings is 2. The van der Waals surface area contributed by atoms with Crippen LogP contribution < -0.4 is 9.04 Å². The second-order valence-electron chi connectivity index (χ2n) is 8.01. The fourth-order valence-electron chi connectivity index (χ4n) is 3.95. The van der Waals surface area contributed by atoms with Crippen LogP contribution in [0.5, 0.6) is 5.75 Å². The molecule has 0 unspecified atom stereocenters. The van der Waals surface area contributed by atoms with E-state index in [2.05, 4.69) is 0 Å². The molecule has 2 aliphatic rings. The molecule has 0 atom stereocenters. The summed E-state index contributed by atoms with van der Waals surface area (Å²) in [5.41, 5.74) is 1.27. The first-order chi connectivity index (χ1) is 15.1. The van der Waals surface area contributed by atoms with Gasteiger partial charge in [-0.25, -0.2) is 17.1 Å². The Bertz CT molecular complexity index is 1150. The van der Waals surface area contributed by atoms with Crippen LogP contribution in [0.2, 0.25) is 0 Å². The molecule has 2 fully saturated rings. The molecule has 2 heterocycles. The fourth-order valence-corrected chi connectivity index (χ4v) is 6.43. The molecule has 2 aromatic rings. The van der Waals surface area contributed by atoms with Crippen LogP contribution in [0.1, 0.15) is 18.4 Å². The van der Waals surface area contributed by atoms with E-state index in [-0.39, 0.29) is 12.6 Å². The summed E-state index contributed by atoms with van der Waals surface area (Å²) in [5.74, 6) is 0.259. The van der Waals surface area contributed by atoms with Gasteiger partial charge in [-0.05, 0) is 54.8 Å². The predicted molar refractivity (Wildman–Crippen MR) is 120 cm³/mol. The Balaban J connectivity index is 1.34. The van der Waals surface area contributed by atoms with Gasteiger partial charge in [-0.3, -0.25) is 4.31 Å². The second-order valence-corrected chi connectivity index (χ2v) is 11.8. The average molecular weight is 484 g/mol. The Morgan fingerprint density at radius 3 is 2.19 bits per heavy atom. The van der Waals surface area contributed by atoms with Gasteiger partial charge < -0.3 is 4.74 Å². The van der Waals surface area contributed by atoms with Crippen LogP contribution in [-0.2, 0) is 26.8 Å². The zero-order valence-corrected chi connectivity index (χ0v) is 19.4. The van der Waals surface area contributed by atoms with Gasteiger partial charge in [0.2, 0.25) is 10.0 Å². The van der Waals surface area contributed by atoms with Crippen LogP contribution in [0.15, 0.2) is 48.5 Å². The molecule has 0 aromatic heterocycles. The van der Waals surface area contributed by atoms with Crippen LogP contribution in [0.25, 0.3) is 0 Å². The lowest BCUT2D eigenvalue weighted by molar-refractivity contribution is 0.135. The SMILES string of the molecule is CS(=O)(=O)N1CCC(Oc2ccc(CN3CCN(c4ccc(F)cc4)S3(=O)=O)cc2)CC1. The van der Waals surface area contributed by atoms with Gasteiger partial charge in [-0.2, -0.15) is 12.7 Å². The summed E-state index contributed by atoms with van der Waals surface area (Å²) in [4.78, 5) is 0. The zero-order chi connectivity index (χ0) is 22.9. The van der Waals surface area contributed by atoms with E-state index in [0.29, 0.717) is 50.5 Å². The number of rotatable bonds is 6. The third-order valence-corrected chi connectivity index (χ3v) is 8.94. The van der Waals surface area contributed by atoms with Crippen molar-refractivity contribution >= 4 is 25.9 Å². The number of sulfonamides is 1. The molecule has 2 aliphatic heterocycles. The van der Waals surface area contributed by atoms with Crippen LogP contribution in [-0.4, -0.2) is 64.0 Å². The number of anilines is 1. The zero-order valence-electron chi connectivity index (χ0n) is 17.7. The molecule has 0 N–H and O–H groups in total. The standard InChI is InChI=1S/C21H26FN3O5S2/c1-31(26,27)23-12-10-21(11-13-23)30-20-8-2-17(3-9-20)16-24-14-15-25(32(24,28)29)19-6-4-18(22)5-7-19/h2-9,21H,10-16H2,1H3. The van der Waals surface area contributed by atoms with Crippen molar-refractivity contribution in [3.8, 4) is 5.75 Å². The molecule has 0 radical (unpaired) electrons. The molecule has 4 rings (SSSR count). The number of hydrogen-bond acceptors (Lipinski definition) is 5. The molecule has 2 aromatic carbocycles. The van der Waals surface area contributed by atoms with Gasteiger partial charge in [0.25, 0.3) is 0 Å². The van der Waals surface area contributed by atoms with E-state index in [4.69, 9.17) is 4.74 Å². The highest BCUT2D eigenvalue weighted by molar-refractivity contribution is 7.90. The first-order valence-corrected chi connectivity index (χ1v) is 13.6. The molecule has 32 heavy (non-hydrogen) atoms. The summed E-state index contributed by atoms with van der Waals surface area (Å²) < 4.78 is 72.3. The van der Waals surface area contributed by atoms with E-state index >= 15 is 0 Å². The lowest BCUT2D eigenvalue weighted by Gasteiger charge is -2.30. The maximum absolute atomic E-state index is 13.2. The minimum absolute atomic E-state index is 0.0536. The van der Waals surface area contributed by atoms with Crippen molar-refractivity contribution in [3.05, 3.63) is 59.9 Å². The largest absolute Gasteiger partial charge is 0.490 e. The van der Waals surface area contributed by atoms with E-state index in [1.165, 1.54) is 43.4 Å². The second kappa shape index (κ2) is 8.97. The van der Waals surface area contributed by atoms with E-state index in [0.717, 1.165) is 5.56 Å². The van der Waals surface area contributed by atoms with Crippen molar-refractivity contribution in [1.82, 2.24) is 8.61 Å². The minimum Gasteiger partial charge on any atom is -0.490 e. The van der Waals surface area contributed by atoms with E-state index in [1.54, 1.807) is 12.1 Å². The van der Waals surface area contributed by atoms with E-state index < -0.39 is 26.0 Å². The summed E-state index contributed by atoms with van der Waals surface area (Å²) in [6, 6.07) is 12.7. The summed E-state index contributed by atoms with van der Waals surface area (Å²) in [5, 5.41) is 0. The van der Waals surface area contributed by atoms with Gasteiger partial charge in [0.05, 0.1) is 11.9 Å². The Labute approximate surface area is 188 Å². The molecule has 0 spiro atoms. The predicted octanol–water partition coefficient (Wildman–Crippen LogP) is 2.20. The average Bonchev–Trinajstić information content (AvgIpc) is 3.04. The molecule has 8 nitrogen and oxygen atoms in total. The summed E-state index contributed by atoms with van der Waals surface area (Å²) in [6.07, 6.45) is 2.41. The quantitative estimate of drug-likeness (QED) is 0.629. The van der Waals surface area contributed by atoms with E-state index in [9.17, 15) is 21.2 Å². The number of piperidine rings is 1. The van der Waals surface area contributed by atoms with Gasteiger partial charge in [-0.1, -0.05) is 12.1 Å². The highest BCUT2D eigenvalue weighted by atomic mass is 32.2. The third-order valence-electron chi connectivity index (χ3n) is 5.73. The minimum atomic E-state index is -3.68. The fraction of sp³-hybridized carbons (Fsp3) is 0.429. The maximum Gasteiger partial charge on any atom is 0.304 e. The van der Waals surface area contributed by atoms with Gasteiger partial charge in [0, 0.05) is 32.7 Å². The summed E-state index contributed by atoms with van der Waals surface area (Å²) >= 11 is 0. The summed E-state index contributed by atoms with van der Waals surface area (Å²) in [7, 11) is -6.85. The molecule has 0 amide bonds. The summed E-state index contributed by atoms with van der Waals surface area (Å²) in [6.45, 7) is 1.77. The van der Waals surface area contributed by atoms with Crippen LogP contribution in [0.4, 0.5) is 10.1 Å². The first kappa shape index (κ1) is 23.0. The van der Waals surface area contributed by atoms with Crippen molar-refractivity contribution in [3.63, 3.8) is 0 Å². The molecule has 174 valence electrons. The smallest absolute Gasteiger partial charge is 0.304 e. The highest BCUT2D eigenvalue weighted by Gasteiger charge is 2.36. The lowest BCUT2D eigenvalue weighted by Crippen LogP contribution is -2.41. The van der Waals surface area contributed by atoms with Crippen molar-refractivity contribution in [2.45, 2.75) is 25.5 Å². The van der Waals surface area contributed by atoms with Crippen molar-refractivity contribution in [1.29, 1.82) is 0 Å². The lowest BCUT2D eigenvalue weighted by atomic mass is 10.1. The molecular weight excluding hydrogens is 457 g/mol. The Kier molecular flexibility index (Phi) is 6.44. The normalized spacial score (nSPS) is 20.5. The molecule has 2 saturated heterocycles. The Morgan fingerprint density at radius 1 is 0.969 bits per heavy atom. The van der Waals surface area contributed by atoms with Crippen molar-refractivity contribution in [2.75, 3.05) is 36.7 Å². The molecule has 11 heteroatoms. The van der Waals surface area contributed by atoms with Crippen LogP contribution >= 0.6 is 0 Å². The van der Waals surface area contributed by atoms with E-state index in [1.807, 2.05) is 12.1 Å². The monoisotopic (exact) mass is 483 g/mol. The van der Waals surface area contributed by atoms with Gasteiger partial charge in [0.1, 0.15) is 17.7 Å². The first-order valence-electron chi connectivity index (χ1n) is 10.4. The Hall–Kier alpha value is -2.21. The van der Waals surface area contributed by atoms with Crippen LogP contribution in [0, 0.1) is 5.82 Å². The number of halogens is 1. The molecule has 0 bridgehead atoms. The van der Waals surface area contributed by atoms with Gasteiger partial charge >= 0.3 is 10.2 Å².